The van der Waals surface area contributed by atoms with E-state index in [0.717, 1.165) is 12.8 Å². The Hall–Kier alpha value is -0.340. The van der Waals surface area contributed by atoms with Crippen LogP contribution in [-0.2, 0) is 9.47 Å². The molecule has 0 radical (unpaired) electrons. The quantitative estimate of drug-likeness (QED) is 0.437. The predicted molar refractivity (Wildman–Crippen MR) is 44.9 cm³/mol. The number of hydrogen-bond acceptors (Lipinski definition) is 2. The van der Waals surface area contributed by atoms with Crippen LogP contribution < -0.4 is 0 Å². The van der Waals surface area contributed by atoms with Crippen LogP contribution in [0.15, 0.2) is 12.2 Å². The summed E-state index contributed by atoms with van der Waals surface area (Å²) in [5.74, 6) is 0. The molecule has 0 unspecified atom stereocenters. The average molecular weight is 166 g/mol. The molecule has 0 N–H and O–H groups in total. The van der Waals surface area contributed by atoms with Gasteiger partial charge in [0.25, 0.3) is 0 Å². The average Bonchev–Trinajstić information content (AvgIpc) is 2.76. The van der Waals surface area contributed by atoms with Crippen molar-refractivity contribution in [2.24, 2.45) is 0 Å². The molecule has 3 fully saturated rings. The Kier molecular flexibility index (Phi) is 0.968. The van der Waals surface area contributed by atoms with E-state index >= 15 is 0 Å². The van der Waals surface area contributed by atoms with Crippen molar-refractivity contribution < 1.29 is 9.47 Å². The monoisotopic (exact) mass is 166 g/mol. The second-order valence-electron chi connectivity index (χ2n) is 4.56. The molecule has 1 aliphatic carbocycles. The summed E-state index contributed by atoms with van der Waals surface area (Å²) in [7, 11) is 0. The van der Waals surface area contributed by atoms with Gasteiger partial charge in [-0.05, 0) is 32.3 Å². The van der Waals surface area contributed by atoms with Gasteiger partial charge in [-0.1, -0.05) is 6.58 Å². The van der Waals surface area contributed by atoms with Crippen molar-refractivity contribution in [3.63, 3.8) is 0 Å². The lowest BCUT2D eigenvalue weighted by Crippen LogP contribution is -2.30. The lowest BCUT2D eigenvalue weighted by molar-refractivity contribution is 0.240. The summed E-state index contributed by atoms with van der Waals surface area (Å²) in [6.07, 6.45) is 2.91. The molecule has 12 heavy (non-hydrogen) atoms. The fraction of sp³-hybridized carbons (Fsp3) is 0.800. The molecule has 0 amide bonds. The maximum Gasteiger partial charge on any atom is 0.121 e. The minimum atomic E-state index is 0.0146. The van der Waals surface area contributed by atoms with E-state index in [4.69, 9.17) is 9.47 Å². The molecule has 0 spiro atoms. The maximum atomic E-state index is 5.72. The van der Waals surface area contributed by atoms with Gasteiger partial charge in [0.2, 0.25) is 0 Å². The molecule has 2 aliphatic heterocycles. The zero-order valence-corrected chi connectivity index (χ0v) is 7.59. The van der Waals surface area contributed by atoms with Crippen LogP contribution in [0, 0.1) is 0 Å². The predicted octanol–water partition coefficient (Wildman–Crippen LogP) is 1.65. The van der Waals surface area contributed by atoms with Crippen LogP contribution in [0.3, 0.4) is 0 Å². The molecule has 4 atom stereocenters. The van der Waals surface area contributed by atoms with E-state index < -0.39 is 0 Å². The van der Waals surface area contributed by atoms with Crippen molar-refractivity contribution in [3.8, 4) is 0 Å². The molecular formula is C10H14O2. The SMILES string of the molecule is C=C(C)[C@@]12CC[C@]3(C)O[C@H]3[C@@H]1O2. The Labute approximate surface area is 72.5 Å². The second kappa shape index (κ2) is 1.64. The topological polar surface area (TPSA) is 25.1 Å². The van der Waals surface area contributed by atoms with Gasteiger partial charge in [-0.3, -0.25) is 0 Å². The highest BCUT2D eigenvalue weighted by Crippen LogP contribution is 2.62. The Balaban J connectivity index is 1.88. The summed E-state index contributed by atoms with van der Waals surface area (Å²) in [6.45, 7) is 8.23. The third kappa shape index (κ3) is 0.603. The normalized spacial score (nSPS) is 60.2. The van der Waals surface area contributed by atoms with E-state index in [1.165, 1.54) is 5.57 Å². The lowest BCUT2D eigenvalue weighted by Gasteiger charge is -2.18. The molecule has 66 valence electrons. The van der Waals surface area contributed by atoms with Crippen molar-refractivity contribution in [2.45, 2.75) is 50.1 Å². The van der Waals surface area contributed by atoms with E-state index in [1.807, 2.05) is 0 Å². The third-order valence-electron chi connectivity index (χ3n) is 3.67. The standard InChI is InChI=1S/C10H14O2/c1-6(2)10-5-4-9(3)7(11-9)8(10)12-10/h7-8H,1,4-5H2,2-3H3/t7-,8-,9-,10-/m0/s1. The van der Waals surface area contributed by atoms with Crippen LogP contribution in [0.4, 0.5) is 0 Å². The Bertz CT molecular complexity index is 273. The van der Waals surface area contributed by atoms with E-state index in [9.17, 15) is 0 Å². The van der Waals surface area contributed by atoms with E-state index in [1.54, 1.807) is 0 Å². The lowest BCUT2D eigenvalue weighted by atomic mass is 9.80. The van der Waals surface area contributed by atoms with Gasteiger partial charge < -0.3 is 9.47 Å². The molecule has 0 bridgehead atoms. The van der Waals surface area contributed by atoms with Crippen molar-refractivity contribution >= 4 is 0 Å². The summed E-state index contributed by atoms with van der Waals surface area (Å²) in [6, 6.07) is 0. The van der Waals surface area contributed by atoms with Gasteiger partial charge in [0.1, 0.15) is 17.8 Å². The van der Waals surface area contributed by atoms with Crippen molar-refractivity contribution in [2.75, 3.05) is 0 Å². The fourth-order valence-corrected chi connectivity index (χ4v) is 2.53. The Morgan fingerprint density at radius 3 is 2.75 bits per heavy atom. The van der Waals surface area contributed by atoms with Gasteiger partial charge in [-0.2, -0.15) is 0 Å². The molecule has 0 aromatic heterocycles. The molecule has 0 aromatic carbocycles. The Morgan fingerprint density at radius 2 is 2.08 bits per heavy atom. The molecule has 2 saturated heterocycles. The van der Waals surface area contributed by atoms with Crippen molar-refractivity contribution in [1.29, 1.82) is 0 Å². The van der Waals surface area contributed by atoms with Crippen LogP contribution in [0.25, 0.3) is 0 Å². The summed E-state index contributed by atoms with van der Waals surface area (Å²) in [5, 5.41) is 0. The second-order valence-corrected chi connectivity index (χ2v) is 4.56. The first-order chi connectivity index (χ1) is 5.58. The van der Waals surface area contributed by atoms with E-state index in [-0.39, 0.29) is 11.2 Å². The van der Waals surface area contributed by atoms with Crippen LogP contribution in [-0.4, -0.2) is 23.4 Å². The minimum Gasteiger partial charge on any atom is -0.363 e. The first kappa shape index (κ1) is 7.10. The molecule has 2 heteroatoms. The first-order valence-corrected chi connectivity index (χ1v) is 4.60. The number of rotatable bonds is 1. The third-order valence-corrected chi connectivity index (χ3v) is 3.67. The van der Waals surface area contributed by atoms with Crippen molar-refractivity contribution in [1.82, 2.24) is 0 Å². The van der Waals surface area contributed by atoms with Crippen LogP contribution >= 0.6 is 0 Å². The molecule has 1 saturated carbocycles. The molecule has 2 nitrogen and oxygen atoms in total. The van der Waals surface area contributed by atoms with Gasteiger partial charge in [-0.15, -0.1) is 0 Å². The summed E-state index contributed by atoms with van der Waals surface area (Å²) < 4.78 is 11.3. The van der Waals surface area contributed by atoms with Gasteiger partial charge in [0.15, 0.2) is 0 Å². The maximum absolute atomic E-state index is 5.72. The largest absolute Gasteiger partial charge is 0.363 e. The van der Waals surface area contributed by atoms with Crippen LogP contribution in [0.2, 0.25) is 0 Å². The summed E-state index contributed by atoms with van der Waals surface area (Å²) in [4.78, 5) is 0. The molecular weight excluding hydrogens is 152 g/mol. The first-order valence-electron chi connectivity index (χ1n) is 4.60. The Morgan fingerprint density at radius 1 is 1.33 bits per heavy atom. The van der Waals surface area contributed by atoms with Gasteiger partial charge >= 0.3 is 0 Å². The van der Waals surface area contributed by atoms with Gasteiger partial charge in [0, 0.05) is 0 Å². The molecule has 0 aromatic rings. The van der Waals surface area contributed by atoms with Crippen LogP contribution in [0.5, 0.6) is 0 Å². The van der Waals surface area contributed by atoms with E-state index in [0.29, 0.717) is 12.2 Å². The smallest absolute Gasteiger partial charge is 0.121 e. The minimum absolute atomic E-state index is 0.0146. The number of epoxide rings is 2. The highest BCUT2D eigenvalue weighted by molar-refractivity contribution is 5.32. The van der Waals surface area contributed by atoms with Gasteiger partial charge in [0.05, 0.1) is 5.60 Å². The highest BCUT2D eigenvalue weighted by atomic mass is 16.7. The molecule has 3 aliphatic rings. The highest BCUT2D eigenvalue weighted by Gasteiger charge is 2.75. The number of hydrogen-bond donors (Lipinski definition) is 0. The summed E-state index contributed by atoms with van der Waals surface area (Å²) >= 11 is 0. The molecule has 3 rings (SSSR count). The number of fused-ring (bicyclic) bond motifs is 3. The fourth-order valence-electron chi connectivity index (χ4n) is 2.53. The molecule has 2 heterocycles. The van der Waals surface area contributed by atoms with Gasteiger partial charge in [-0.25, -0.2) is 0 Å². The van der Waals surface area contributed by atoms with Crippen molar-refractivity contribution in [3.05, 3.63) is 12.2 Å². The zero-order valence-electron chi connectivity index (χ0n) is 7.59. The summed E-state index contributed by atoms with van der Waals surface area (Å²) in [5.41, 5.74) is 1.34. The van der Waals surface area contributed by atoms with Crippen LogP contribution in [0.1, 0.15) is 26.7 Å². The zero-order chi connectivity index (χ0) is 8.56. The van der Waals surface area contributed by atoms with E-state index in [2.05, 4.69) is 20.4 Å². The number of ether oxygens (including phenoxy) is 2.